The molecule has 0 bridgehead atoms. The lowest BCUT2D eigenvalue weighted by molar-refractivity contribution is 0.296. The molecular weight excluding hydrogens is 208 g/mol. The molecule has 1 aromatic rings. The quantitative estimate of drug-likeness (QED) is 0.837. The second kappa shape index (κ2) is 6.11. The molecule has 0 heterocycles. The molecule has 0 aromatic heterocycles. The topological polar surface area (TPSA) is 29.3 Å². The van der Waals surface area contributed by atoms with Crippen LogP contribution in [0.25, 0.3) is 0 Å². The Bertz CT molecular complexity index is 308. The van der Waals surface area contributed by atoms with Crippen molar-refractivity contribution < 1.29 is 0 Å². The maximum Gasteiger partial charge on any atom is 0.0454 e. The average molecular weight is 227 g/mol. The summed E-state index contributed by atoms with van der Waals surface area (Å²) < 4.78 is 0. The summed E-state index contributed by atoms with van der Waals surface area (Å²) >= 11 is 6.18. The minimum Gasteiger partial charge on any atom is -0.326 e. The minimum atomic E-state index is 0.547. The molecule has 0 aliphatic rings. The first-order valence-electron chi connectivity index (χ1n) is 5.41. The highest BCUT2D eigenvalue weighted by Gasteiger charge is 2.05. The Morgan fingerprint density at radius 1 is 1.27 bits per heavy atom. The molecule has 0 aliphatic heterocycles. The second-order valence-corrected chi connectivity index (χ2v) is 4.00. The summed E-state index contributed by atoms with van der Waals surface area (Å²) in [6.45, 7) is 7.87. The molecule has 15 heavy (non-hydrogen) atoms. The molecular formula is C12H19ClN2. The van der Waals surface area contributed by atoms with E-state index in [1.807, 2.05) is 12.1 Å². The van der Waals surface area contributed by atoms with E-state index in [1.54, 1.807) is 0 Å². The molecule has 84 valence electrons. The zero-order valence-corrected chi connectivity index (χ0v) is 10.2. The van der Waals surface area contributed by atoms with Gasteiger partial charge in [-0.05, 0) is 30.3 Å². The molecule has 2 nitrogen and oxygen atoms in total. The van der Waals surface area contributed by atoms with Crippen molar-refractivity contribution in [2.45, 2.75) is 26.9 Å². The maximum absolute atomic E-state index is 6.18. The van der Waals surface area contributed by atoms with E-state index in [0.29, 0.717) is 6.54 Å². The molecule has 2 N–H and O–H groups in total. The Morgan fingerprint density at radius 2 is 1.93 bits per heavy atom. The van der Waals surface area contributed by atoms with Crippen LogP contribution in [0.4, 0.5) is 0 Å². The van der Waals surface area contributed by atoms with Crippen LogP contribution in [0.3, 0.4) is 0 Å². The molecule has 0 amide bonds. The van der Waals surface area contributed by atoms with Gasteiger partial charge in [0.05, 0.1) is 0 Å². The van der Waals surface area contributed by atoms with Gasteiger partial charge >= 0.3 is 0 Å². The smallest absolute Gasteiger partial charge is 0.0454 e. The number of hydrogen-bond acceptors (Lipinski definition) is 2. The van der Waals surface area contributed by atoms with E-state index in [4.69, 9.17) is 17.3 Å². The highest BCUT2D eigenvalue weighted by Crippen LogP contribution is 2.19. The lowest BCUT2D eigenvalue weighted by Gasteiger charge is -2.18. The van der Waals surface area contributed by atoms with Gasteiger partial charge in [-0.25, -0.2) is 0 Å². The van der Waals surface area contributed by atoms with Crippen LogP contribution in [0.15, 0.2) is 18.2 Å². The van der Waals surface area contributed by atoms with Gasteiger partial charge in [0.1, 0.15) is 0 Å². The maximum atomic E-state index is 6.18. The molecule has 0 fully saturated rings. The Hall–Kier alpha value is -0.570. The lowest BCUT2D eigenvalue weighted by atomic mass is 10.1. The fraction of sp³-hybridized carbons (Fsp3) is 0.500. The zero-order valence-electron chi connectivity index (χ0n) is 9.46. The molecule has 1 rings (SSSR count). The average Bonchev–Trinajstić information content (AvgIpc) is 2.27. The van der Waals surface area contributed by atoms with E-state index in [0.717, 1.165) is 30.2 Å². The lowest BCUT2D eigenvalue weighted by Crippen LogP contribution is -2.22. The summed E-state index contributed by atoms with van der Waals surface area (Å²) in [6, 6.07) is 6.08. The van der Waals surface area contributed by atoms with Crippen molar-refractivity contribution in [2.24, 2.45) is 5.73 Å². The van der Waals surface area contributed by atoms with Crippen molar-refractivity contribution >= 4 is 11.6 Å². The molecule has 0 unspecified atom stereocenters. The Labute approximate surface area is 97.0 Å². The predicted molar refractivity (Wildman–Crippen MR) is 66.0 cm³/mol. The molecule has 0 saturated heterocycles. The van der Waals surface area contributed by atoms with Crippen LogP contribution in [0.1, 0.15) is 25.0 Å². The van der Waals surface area contributed by atoms with Gasteiger partial charge in [0.15, 0.2) is 0 Å². The number of benzene rings is 1. The van der Waals surface area contributed by atoms with E-state index >= 15 is 0 Å². The van der Waals surface area contributed by atoms with Crippen molar-refractivity contribution in [3.8, 4) is 0 Å². The van der Waals surface area contributed by atoms with Crippen LogP contribution in [0, 0.1) is 0 Å². The highest BCUT2D eigenvalue weighted by atomic mass is 35.5. The van der Waals surface area contributed by atoms with Crippen LogP contribution in [0.5, 0.6) is 0 Å². The molecule has 0 spiro atoms. The normalized spacial score (nSPS) is 11.0. The molecule has 0 saturated carbocycles. The van der Waals surface area contributed by atoms with E-state index in [-0.39, 0.29) is 0 Å². The van der Waals surface area contributed by atoms with Crippen molar-refractivity contribution in [2.75, 3.05) is 13.1 Å². The van der Waals surface area contributed by atoms with Crippen molar-refractivity contribution in [3.05, 3.63) is 34.3 Å². The summed E-state index contributed by atoms with van der Waals surface area (Å²) in [5.41, 5.74) is 7.82. The fourth-order valence-electron chi connectivity index (χ4n) is 1.53. The van der Waals surface area contributed by atoms with E-state index in [1.165, 1.54) is 5.56 Å². The number of rotatable bonds is 5. The molecule has 1 aromatic carbocycles. The molecule has 0 atom stereocenters. The van der Waals surface area contributed by atoms with Gasteiger partial charge in [-0.2, -0.15) is 0 Å². The van der Waals surface area contributed by atoms with Gasteiger partial charge < -0.3 is 5.73 Å². The zero-order chi connectivity index (χ0) is 11.3. The highest BCUT2D eigenvalue weighted by molar-refractivity contribution is 6.31. The monoisotopic (exact) mass is 226 g/mol. The number of halogens is 1. The van der Waals surface area contributed by atoms with E-state index in [9.17, 15) is 0 Å². The minimum absolute atomic E-state index is 0.547. The third kappa shape index (κ3) is 3.49. The summed E-state index contributed by atoms with van der Waals surface area (Å²) in [7, 11) is 0. The third-order valence-electron chi connectivity index (χ3n) is 2.64. The van der Waals surface area contributed by atoms with E-state index in [2.05, 4.69) is 24.8 Å². The largest absolute Gasteiger partial charge is 0.326 e. The first kappa shape index (κ1) is 12.5. The van der Waals surface area contributed by atoms with E-state index < -0.39 is 0 Å². The van der Waals surface area contributed by atoms with Crippen LogP contribution in [-0.4, -0.2) is 18.0 Å². The Balaban J connectivity index is 2.77. The van der Waals surface area contributed by atoms with Gasteiger partial charge in [0.2, 0.25) is 0 Å². The fourth-order valence-corrected chi connectivity index (χ4v) is 1.80. The Morgan fingerprint density at radius 3 is 2.40 bits per heavy atom. The Kier molecular flexibility index (Phi) is 5.09. The van der Waals surface area contributed by atoms with Crippen LogP contribution < -0.4 is 5.73 Å². The van der Waals surface area contributed by atoms with Crippen LogP contribution in [-0.2, 0) is 13.1 Å². The molecule has 3 heteroatoms. The number of nitrogens with zero attached hydrogens (tertiary/aromatic N) is 1. The van der Waals surface area contributed by atoms with Gasteiger partial charge in [-0.3, -0.25) is 4.90 Å². The standard InChI is InChI=1S/C12H19ClN2/c1-3-15(4-2)9-11-6-5-10(8-14)7-12(11)13/h5-7H,3-4,8-9,14H2,1-2H3. The summed E-state index contributed by atoms with van der Waals surface area (Å²) in [4.78, 5) is 2.34. The summed E-state index contributed by atoms with van der Waals surface area (Å²) in [5, 5.41) is 0.824. The van der Waals surface area contributed by atoms with Crippen molar-refractivity contribution in [1.29, 1.82) is 0 Å². The number of hydrogen-bond donors (Lipinski definition) is 1. The van der Waals surface area contributed by atoms with Crippen LogP contribution >= 0.6 is 11.6 Å². The second-order valence-electron chi connectivity index (χ2n) is 3.59. The van der Waals surface area contributed by atoms with Crippen molar-refractivity contribution in [3.63, 3.8) is 0 Å². The summed E-state index contributed by atoms with van der Waals surface area (Å²) in [6.07, 6.45) is 0. The van der Waals surface area contributed by atoms with Crippen LogP contribution in [0.2, 0.25) is 5.02 Å². The van der Waals surface area contributed by atoms with Gasteiger partial charge in [0, 0.05) is 18.1 Å². The first-order valence-corrected chi connectivity index (χ1v) is 5.78. The SMILES string of the molecule is CCN(CC)Cc1ccc(CN)cc1Cl. The first-order chi connectivity index (χ1) is 7.21. The third-order valence-corrected chi connectivity index (χ3v) is 2.99. The predicted octanol–water partition coefficient (Wildman–Crippen LogP) is 2.64. The molecule has 0 radical (unpaired) electrons. The van der Waals surface area contributed by atoms with Crippen molar-refractivity contribution in [1.82, 2.24) is 4.90 Å². The van der Waals surface area contributed by atoms with Gasteiger partial charge in [-0.15, -0.1) is 0 Å². The molecule has 0 aliphatic carbocycles. The van der Waals surface area contributed by atoms with Gasteiger partial charge in [-0.1, -0.05) is 37.6 Å². The van der Waals surface area contributed by atoms with Gasteiger partial charge in [0.25, 0.3) is 0 Å². The summed E-state index contributed by atoms with van der Waals surface area (Å²) in [5.74, 6) is 0. The number of nitrogens with two attached hydrogens (primary N) is 1.